The van der Waals surface area contributed by atoms with Gasteiger partial charge in [0.1, 0.15) is 0 Å². The predicted octanol–water partition coefficient (Wildman–Crippen LogP) is 2.97. The SMILES string of the molecule is CCn1c(C)cc2c1CC(C)(C)CC2=O. The van der Waals surface area contributed by atoms with Crippen molar-refractivity contribution >= 4 is 5.78 Å². The number of nitrogens with zero attached hydrogens (tertiary/aromatic N) is 1. The van der Waals surface area contributed by atoms with Gasteiger partial charge in [0.15, 0.2) is 5.78 Å². The molecule has 0 bridgehead atoms. The molecule has 0 aliphatic heterocycles. The first-order chi connectivity index (χ1) is 6.94. The number of rotatable bonds is 1. The number of carbonyl (C=O) groups excluding carboxylic acids is 1. The van der Waals surface area contributed by atoms with Crippen molar-refractivity contribution < 1.29 is 4.79 Å². The molecule has 0 unspecified atom stereocenters. The second-order valence-electron chi connectivity index (χ2n) is 5.33. The summed E-state index contributed by atoms with van der Waals surface area (Å²) in [7, 11) is 0. The normalized spacial score (nSPS) is 19.1. The first-order valence-corrected chi connectivity index (χ1v) is 5.67. The molecule has 15 heavy (non-hydrogen) atoms. The quantitative estimate of drug-likeness (QED) is 0.691. The van der Waals surface area contributed by atoms with Gasteiger partial charge in [-0.15, -0.1) is 0 Å². The van der Waals surface area contributed by atoms with Gasteiger partial charge >= 0.3 is 0 Å². The van der Waals surface area contributed by atoms with E-state index >= 15 is 0 Å². The number of hydrogen-bond donors (Lipinski definition) is 0. The second kappa shape index (κ2) is 3.22. The summed E-state index contributed by atoms with van der Waals surface area (Å²) in [6.07, 6.45) is 1.71. The van der Waals surface area contributed by atoms with Gasteiger partial charge < -0.3 is 4.57 Å². The Bertz CT molecular complexity index is 412. The maximum atomic E-state index is 12.0. The van der Waals surface area contributed by atoms with E-state index in [9.17, 15) is 4.79 Å². The number of aromatic nitrogens is 1. The van der Waals surface area contributed by atoms with Gasteiger partial charge in [0.25, 0.3) is 0 Å². The van der Waals surface area contributed by atoms with Crippen LogP contribution in [0.15, 0.2) is 6.07 Å². The van der Waals surface area contributed by atoms with Crippen molar-refractivity contribution in [2.75, 3.05) is 0 Å². The van der Waals surface area contributed by atoms with Crippen molar-refractivity contribution in [2.45, 2.75) is 47.1 Å². The summed E-state index contributed by atoms with van der Waals surface area (Å²) in [6, 6.07) is 2.05. The Morgan fingerprint density at radius 2 is 2.07 bits per heavy atom. The van der Waals surface area contributed by atoms with E-state index in [1.54, 1.807) is 0 Å². The molecule has 82 valence electrons. The molecule has 0 radical (unpaired) electrons. The topological polar surface area (TPSA) is 22.0 Å². The number of fused-ring (bicyclic) bond motifs is 1. The van der Waals surface area contributed by atoms with Crippen LogP contribution in [0, 0.1) is 12.3 Å². The first-order valence-electron chi connectivity index (χ1n) is 5.67. The van der Waals surface area contributed by atoms with E-state index in [1.807, 2.05) is 0 Å². The Morgan fingerprint density at radius 3 is 2.67 bits per heavy atom. The highest BCUT2D eigenvalue weighted by molar-refractivity contribution is 5.99. The van der Waals surface area contributed by atoms with Crippen LogP contribution >= 0.6 is 0 Å². The van der Waals surface area contributed by atoms with Crippen LogP contribution in [0.1, 0.15) is 48.9 Å². The van der Waals surface area contributed by atoms with E-state index in [-0.39, 0.29) is 5.41 Å². The zero-order valence-corrected chi connectivity index (χ0v) is 10.1. The molecule has 0 atom stereocenters. The molecule has 2 nitrogen and oxygen atoms in total. The lowest BCUT2D eigenvalue weighted by Gasteiger charge is -2.29. The first kappa shape index (κ1) is 10.5. The molecule has 0 fully saturated rings. The van der Waals surface area contributed by atoms with Crippen molar-refractivity contribution in [3.8, 4) is 0 Å². The minimum atomic E-state index is 0.127. The molecule has 0 spiro atoms. The van der Waals surface area contributed by atoms with Crippen LogP contribution in [-0.2, 0) is 13.0 Å². The minimum Gasteiger partial charge on any atom is -0.348 e. The lowest BCUT2D eigenvalue weighted by Crippen LogP contribution is -2.27. The van der Waals surface area contributed by atoms with E-state index in [0.29, 0.717) is 12.2 Å². The molecule has 1 aromatic rings. The number of aryl methyl sites for hydroxylation is 1. The molecular weight excluding hydrogens is 186 g/mol. The Hall–Kier alpha value is -1.05. The Balaban J connectivity index is 2.56. The molecule has 1 aromatic heterocycles. The van der Waals surface area contributed by atoms with Gasteiger partial charge in [-0.1, -0.05) is 13.8 Å². The fourth-order valence-electron chi connectivity index (χ4n) is 2.65. The average Bonchev–Trinajstić information content (AvgIpc) is 2.40. The van der Waals surface area contributed by atoms with Crippen LogP contribution in [0.4, 0.5) is 0 Å². The standard InChI is InChI=1S/C13H19NO/c1-5-14-9(2)6-10-11(14)7-13(3,4)8-12(10)15/h6H,5,7-8H2,1-4H3. The van der Waals surface area contributed by atoms with Crippen molar-refractivity contribution in [3.63, 3.8) is 0 Å². The van der Waals surface area contributed by atoms with Gasteiger partial charge in [-0.3, -0.25) is 4.79 Å². The summed E-state index contributed by atoms with van der Waals surface area (Å²) in [4.78, 5) is 12.0. The van der Waals surface area contributed by atoms with E-state index in [2.05, 4.69) is 38.3 Å². The number of Topliss-reactive ketones (excluding diaryl/α,β-unsaturated/α-hetero) is 1. The lowest BCUT2D eigenvalue weighted by molar-refractivity contribution is 0.0910. The van der Waals surface area contributed by atoms with Crippen molar-refractivity contribution in [3.05, 3.63) is 23.0 Å². The van der Waals surface area contributed by atoms with E-state index in [0.717, 1.165) is 18.5 Å². The van der Waals surface area contributed by atoms with Crippen LogP contribution in [0.25, 0.3) is 0 Å². The van der Waals surface area contributed by atoms with Crippen molar-refractivity contribution in [1.29, 1.82) is 0 Å². The van der Waals surface area contributed by atoms with Crippen LogP contribution < -0.4 is 0 Å². The Morgan fingerprint density at radius 1 is 1.40 bits per heavy atom. The fourth-order valence-corrected chi connectivity index (χ4v) is 2.65. The number of hydrogen-bond acceptors (Lipinski definition) is 1. The summed E-state index contributed by atoms with van der Waals surface area (Å²) in [5, 5.41) is 0. The van der Waals surface area contributed by atoms with Gasteiger partial charge in [0, 0.05) is 29.9 Å². The molecule has 2 rings (SSSR count). The fraction of sp³-hybridized carbons (Fsp3) is 0.615. The van der Waals surface area contributed by atoms with Gasteiger partial charge in [0.2, 0.25) is 0 Å². The zero-order valence-electron chi connectivity index (χ0n) is 10.1. The third kappa shape index (κ3) is 1.62. The molecule has 0 saturated carbocycles. The van der Waals surface area contributed by atoms with Gasteiger partial charge in [-0.25, -0.2) is 0 Å². The molecule has 0 amide bonds. The highest BCUT2D eigenvalue weighted by Crippen LogP contribution is 2.36. The molecule has 0 N–H and O–H groups in total. The summed E-state index contributed by atoms with van der Waals surface area (Å²) >= 11 is 0. The summed E-state index contributed by atoms with van der Waals surface area (Å²) in [5.74, 6) is 0.316. The molecule has 0 saturated heterocycles. The van der Waals surface area contributed by atoms with Crippen molar-refractivity contribution in [2.24, 2.45) is 5.41 Å². The smallest absolute Gasteiger partial charge is 0.165 e. The zero-order chi connectivity index (χ0) is 11.2. The summed E-state index contributed by atoms with van der Waals surface area (Å²) in [6.45, 7) is 9.54. The molecule has 1 aliphatic carbocycles. The monoisotopic (exact) mass is 205 g/mol. The second-order valence-corrected chi connectivity index (χ2v) is 5.33. The van der Waals surface area contributed by atoms with Crippen LogP contribution in [0.2, 0.25) is 0 Å². The molecule has 2 heteroatoms. The highest BCUT2D eigenvalue weighted by atomic mass is 16.1. The molecule has 0 aromatic carbocycles. The maximum absolute atomic E-state index is 12.0. The highest BCUT2D eigenvalue weighted by Gasteiger charge is 2.33. The van der Waals surface area contributed by atoms with Gasteiger partial charge in [-0.05, 0) is 31.7 Å². The number of carbonyl (C=O) groups is 1. The third-order valence-electron chi connectivity index (χ3n) is 3.32. The molecule has 1 aliphatic rings. The Kier molecular flexibility index (Phi) is 2.25. The molecular formula is C13H19NO. The summed E-state index contributed by atoms with van der Waals surface area (Å²) < 4.78 is 2.27. The predicted molar refractivity (Wildman–Crippen MR) is 61.3 cm³/mol. The third-order valence-corrected chi connectivity index (χ3v) is 3.32. The maximum Gasteiger partial charge on any atom is 0.165 e. The molecule has 1 heterocycles. The van der Waals surface area contributed by atoms with E-state index in [4.69, 9.17) is 0 Å². The largest absolute Gasteiger partial charge is 0.348 e. The summed E-state index contributed by atoms with van der Waals surface area (Å²) in [5.41, 5.74) is 3.56. The van der Waals surface area contributed by atoms with Crippen LogP contribution in [0.5, 0.6) is 0 Å². The van der Waals surface area contributed by atoms with Crippen LogP contribution in [0.3, 0.4) is 0 Å². The van der Waals surface area contributed by atoms with E-state index < -0.39 is 0 Å². The Labute approximate surface area is 91.3 Å². The van der Waals surface area contributed by atoms with Crippen LogP contribution in [-0.4, -0.2) is 10.4 Å². The van der Waals surface area contributed by atoms with E-state index in [1.165, 1.54) is 11.4 Å². The van der Waals surface area contributed by atoms with Crippen molar-refractivity contribution in [1.82, 2.24) is 4.57 Å². The average molecular weight is 205 g/mol. The van der Waals surface area contributed by atoms with Gasteiger partial charge in [-0.2, -0.15) is 0 Å². The lowest BCUT2D eigenvalue weighted by atomic mass is 9.76. The number of ketones is 1. The van der Waals surface area contributed by atoms with Gasteiger partial charge in [0.05, 0.1) is 0 Å². The minimum absolute atomic E-state index is 0.127.